The van der Waals surface area contributed by atoms with Crippen molar-refractivity contribution in [2.45, 2.75) is 31.7 Å². The number of hydrogen-bond acceptors (Lipinski definition) is 6. The van der Waals surface area contributed by atoms with E-state index >= 15 is 0 Å². The molecule has 0 radical (unpaired) electrons. The molecule has 2 heterocycles. The Kier molecular flexibility index (Phi) is 5.18. The maximum absolute atomic E-state index is 13.2. The van der Waals surface area contributed by atoms with E-state index in [-0.39, 0.29) is 0 Å². The lowest BCUT2D eigenvalue weighted by atomic mass is 10.2. The number of rotatable bonds is 6. The van der Waals surface area contributed by atoms with Crippen LogP contribution in [-0.4, -0.2) is 27.5 Å². The van der Waals surface area contributed by atoms with E-state index in [1.807, 2.05) is 0 Å². The average molecular weight is 326 g/mol. The number of halogens is 1. The van der Waals surface area contributed by atoms with Crippen molar-refractivity contribution in [1.29, 1.82) is 0 Å². The van der Waals surface area contributed by atoms with Gasteiger partial charge in [-0.15, -0.1) is 0 Å². The lowest BCUT2D eigenvalue weighted by molar-refractivity contribution is 0.584. The molecule has 2 aromatic heterocycles. The van der Waals surface area contributed by atoms with Crippen molar-refractivity contribution in [3.8, 4) is 11.8 Å². The highest BCUT2D eigenvalue weighted by Crippen LogP contribution is 2.26. The zero-order chi connectivity index (χ0) is 16.8. The molecule has 7 heteroatoms. The number of nitrogens with two attached hydrogens (primary N) is 1. The van der Waals surface area contributed by atoms with E-state index < -0.39 is 5.95 Å². The van der Waals surface area contributed by atoms with Gasteiger partial charge in [0.05, 0.1) is 11.8 Å². The summed E-state index contributed by atoms with van der Waals surface area (Å²) in [5.41, 5.74) is 6.77. The molecule has 0 unspecified atom stereocenters. The second-order valence-corrected chi connectivity index (χ2v) is 5.56. The van der Waals surface area contributed by atoms with E-state index in [9.17, 15) is 4.39 Å². The van der Waals surface area contributed by atoms with Crippen LogP contribution in [0, 0.1) is 17.8 Å². The van der Waals surface area contributed by atoms with E-state index in [1.165, 1.54) is 12.3 Å². The van der Waals surface area contributed by atoms with Crippen molar-refractivity contribution in [2.24, 2.45) is 5.73 Å². The summed E-state index contributed by atoms with van der Waals surface area (Å²) in [7, 11) is 0. The fraction of sp³-hybridized carbons (Fsp3) is 0.353. The van der Waals surface area contributed by atoms with Crippen molar-refractivity contribution in [3.05, 3.63) is 36.0 Å². The molecule has 124 valence electrons. The lowest BCUT2D eigenvalue weighted by Crippen LogP contribution is -2.08. The summed E-state index contributed by atoms with van der Waals surface area (Å²) in [5.74, 6) is 6.70. The minimum absolute atomic E-state index is 0.385. The van der Waals surface area contributed by atoms with Gasteiger partial charge < -0.3 is 16.4 Å². The van der Waals surface area contributed by atoms with Gasteiger partial charge in [0, 0.05) is 30.4 Å². The van der Waals surface area contributed by atoms with Crippen LogP contribution in [0.3, 0.4) is 0 Å². The molecule has 0 amide bonds. The van der Waals surface area contributed by atoms with Gasteiger partial charge in [0.1, 0.15) is 5.82 Å². The first-order valence-corrected chi connectivity index (χ1v) is 7.95. The van der Waals surface area contributed by atoms with Gasteiger partial charge in [-0.05, 0) is 31.9 Å². The summed E-state index contributed by atoms with van der Waals surface area (Å²) < 4.78 is 13.2. The highest BCUT2D eigenvalue weighted by atomic mass is 19.1. The van der Waals surface area contributed by atoms with E-state index in [0.29, 0.717) is 30.0 Å². The van der Waals surface area contributed by atoms with Crippen molar-refractivity contribution >= 4 is 17.5 Å². The third-order valence-electron chi connectivity index (χ3n) is 3.42. The van der Waals surface area contributed by atoms with E-state index in [2.05, 4.69) is 37.4 Å². The molecule has 0 atom stereocenters. The van der Waals surface area contributed by atoms with Gasteiger partial charge in [0.25, 0.3) is 0 Å². The largest absolute Gasteiger partial charge is 0.366 e. The average Bonchev–Trinajstić information content (AvgIpc) is 3.37. The maximum Gasteiger partial charge on any atom is 0.229 e. The smallest absolute Gasteiger partial charge is 0.229 e. The fourth-order valence-electron chi connectivity index (χ4n) is 2.02. The van der Waals surface area contributed by atoms with Crippen LogP contribution in [0.15, 0.2) is 24.5 Å². The van der Waals surface area contributed by atoms with Crippen molar-refractivity contribution < 1.29 is 4.39 Å². The molecule has 1 fully saturated rings. The number of nitrogens with zero attached hydrogens (tertiary/aromatic N) is 3. The third-order valence-corrected chi connectivity index (χ3v) is 3.42. The van der Waals surface area contributed by atoms with Crippen LogP contribution in [0.4, 0.5) is 21.8 Å². The molecule has 1 aliphatic carbocycles. The molecule has 1 aliphatic rings. The van der Waals surface area contributed by atoms with Crippen LogP contribution >= 0.6 is 0 Å². The minimum atomic E-state index is -0.557. The topological polar surface area (TPSA) is 88.8 Å². The Morgan fingerprint density at radius 1 is 1.33 bits per heavy atom. The number of unbranched alkanes of at least 4 members (excludes halogenated alkanes) is 1. The standard InChI is InChI=1S/C17H19FN6/c18-15-10-14(7-9-20-15)23-17-21-11-12(4-2-1-3-8-19)16(24-17)22-13-5-6-13/h7,9-11,13H,1,3,5-6,8,19H2,(H2,20,21,22,23,24). The summed E-state index contributed by atoms with van der Waals surface area (Å²) in [6.07, 6.45) is 6.93. The molecule has 6 nitrogen and oxygen atoms in total. The van der Waals surface area contributed by atoms with Crippen LogP contribution in [0.25, 0.3) is 0 Å². The molecule has 3 rings (SSSR count). The van der Waals surface area contributed by atoms with Crippen LogP contribution in [0.5, 0.6) is 0 Å². The molecular formula is C17H19FN6. The summed E-state index contributed by atoms with van der Waals surface area (Å²) in [6.45, 7) is 0.629. The Labute approximate surface area is 140 Å². The molecule has 0 spiro atoms. The monoisotopic (exact) mass is 326 g/mol. The normalized spacial score (nSPS) is 13.1. The van der Waals surface area contributed by atoms with Crippen molar-refractivity contribution in [1.82, 2.24) is 15.0 Å². The summed E-state index contributed by atoms with van der Waals surface area (Å²) >= 11 is 0. The molecule has 1 saturated carbocycles. The van der Waals surface area contributed by atoms with E-state index in [0.717, 1.165) is 31.2 Å². The zero-order valence-electron chi connectivity index (χ0n) is 13.2. The molecule has 24 heavy (non-hydrogen) atoms. The van der Waals surface area contributed by atoms with Crippen LogP contribution in [-0.2, 0) is 0 Å². The second kappa shape index (κ2) is 7.70. The Morgan fingerprint density at radius 2 is 2.21 bits per heavy atom. The van der Waals surface area contributed by atoms with Crippen molar-refractivity contribution in [2.75, 3.05) is 17.2 Å². The van der Waals surface area contributed by atoms with Gasteiger partial charge in [-0.25, -0.2) is 9.97 Å². The van der Waals surface area contributed by atoms with Gasteiger partial charge in [-0.1, -0.05) is 11.8 Å². The second-order valence-electron chi connectivity index (χ2n) is 5.56. The summed E-state index contributed by atoms with van der Waals surface area (Å²) in [4.78, 5) is 12.3. The van der Waals surface area contributed by atoms with Crippen molar-refractivity contribution in [3.63, 3.8) is 0 Å². The van der Waals surface area contributed by atoms with Gasteiger partial charge in [-0.3, -0.25) is 0 Å². The van der Waals surface area contributed by atoms with Crippen LogP contribution < -0.4 is 16.4 Å². The first-order chi connectivity index (χ1) is 11.7. The first-order valence-electron chi connectivity index (χ1n) is 7.95. The molecular weight excluding hydrogens is 307 g/mol. The van der Waals surface area contributed by atoms with E-state index in [4.69, 9.17) is 5.73 Å². The number of hydrogen-bond donors (Lipinski definition) is 3. The SMILES string of the molecule is NCCCC#Cc1cnc(Nc2ccnc(F)c2)nc1NC1CC1. The van der Waals surface area contributed by atoms with Gasteiger partial charge >= 0.3 is 0 Å². The van der Waals surface area contributed by atoms with Crippen LogP contribution in [0.2, 0.25) is 0 Å². The van der Waals surface area contributed by atoms with Gasteiger partial charge in [0.15, 0.2) is 0 Å². The molecule has 0 saturated heterocycles. The predicted molar refractivity (Wildman–Crippen MR) is 91.3 cm³/mol. The lowest BCUT2D eigenvalue weighted by Gasteiger charge is -2.09. The van der Waals surface area contributed by atoms with Gasteiger partial charge in [0.2, 0.25) is 11.9 Å². The molecule has 2 aromatic rings. The molecule has 0 aliphatic heterocycles. The number of nitrogens with one attached hydrogen (secondary N) is 2. The molecule has 0 bridgehead atoms. The fourth-order valence-corrected chi connectivity index (χ4v) is 2.02. The highest BCUT2D eigenvalue weighted by molar-refractivity contribution is 5.59. The summed E-state index contributed by atoms with van der Waals surface area (Å²) in [5, 5.41) is 6.33. The maximum atomic E-state index is 13.2. The third kappa shape index (κ3) is 4.64. The molecule has 4 N–H and O–H groups in total. The van der Waals surface area contributed by atoms with Crippen LogP contribution in [0.1, 0.15) is 31.2 Å². The number of anilines is 3. The number of aromatic nitrogens is 3. The Balaban J connectivity index is 1.79. The van der Waals surface area contributed by atoms with Gasteiger partial charge in [-0.2, -0.15) is 9.37 Å². The zero-order valence-corrected chi connectivity index (χ0v) is 13.2. The highest BCUT2D eigenvalue weighted by Gasteiger charge is 2.22. The Morgan fingerprint density at radius 3 is 2.96 bits per heavy atom. The Bertz CT molecular complexity index is 763. The van der Waals surface area contributed by atoms with E-state index in [1.54, 1.807) is 12.3 Å². The predicted octanol–water partition coefficient (Wildman–Crippen LogP) is 2.42. The first kappa shape index (κ1) is 16.1. The summed E-state index contributed by atoms with van der Waals surface area (Å²) in [6, 6.07) is 3.38. The number of pyridine rings is 1. The quantitative estimate of drug-likeness (QED) is 0.429. The molecule has 0 aromatic carbocycles. The Hall–Kier alpha value is -2.72. The minimum Gasteiger partial charge on any atom is -0.366 e.